The van der Waals surface area contributed by atoms with Crippen molar-refractivity contribution in [3.63, 3.8) is 0 Å². The number of carbonyl (C=O) groups excluding carboxylic acids is 1. The number of thiazole rings is 1. The van der Waals surface area contributed by atoms with Gasteiger partial charge in [0.1, 0.15) is 16.4 Å². The van der Waals surface area contributed by atoms with Crippen molar-refractivity contribution in [1.29, 1.82) is 0 Å². The molecule has 9 heteroatoms. The van der Waals surface area contributed by atoms with Crippen molar-refractivity contribution in [2.45, 2.75) is 6.92 Å². The van der Waals surface area contributed by atoms with Crippen LogP contribution in [0.2, 0.25) is 5.02 Å². The van der Waals surface area contributed by atoms with Gasteiger partial charge in [-0.15, -0.1) is 11.3 Å². The van der Waals surface area contributed by atoms with E-state index in [0.29, 0.717) is 31.9 Å². The predicted octanol–water partition coefficient (Wildman–Crippen LogP) is 7.38. The quantitative estimate of drug-likeness (QED) is 0.177. The molecule has 0 saturated heterocycles. The maximum Gasteiger partial charge on any atom is 0.292 e. The summed E-state index contributed by atoms with van der Waals surface area (Å²) in [7, 11) is 0. The molecule has 0 spiro atoms. The van der Waals surface area contributed by atoms with Gasteiger partial charge < -0.3 is 4.74 Å². The highest BCUT2D eigenvalue weighted by Crippen LogP contribution is 2.38. The Bertz CT molecular complexity index is 1530. The first-order valence-electron chi connectivity index (χ1n) is 10.4. The van der Waals surface area contributed by atoms with Crippen LogP contribution in [0.25, 0.3) is 20.3 Å². The van der Waals surface area contributed by atoms with Crippen LogP contribution in [0.4, 0.5) is 9.52 Å². The van der Waals surface area contributed by atoms with Gasteiger partial charge in [-0.2, -0.15) is 10.1 Å². The normalized spacial score (nSPS) is 11.5. The van der Waals surface area contributed by atoms with Crippen LogP contribution < -0.4 is 9.75 Å². The second kappa shape index (κ2) is 9.50. The molecule has 2 heterocycles. The lowest BCUT2D eigenvalue weighted by Gasteiger charge is -2.13. The number of nitrogens with zero attached hydrogens (tertiary/aromatic N) is 3. The molecular formula is C25H17ClFN3O2S2. The smallest absolute Gasteiger partial charge is 0.292 e. The lowest BCUT2D eigenvalue weighted by molar-refractivity contribution is 0.0992. The van der Waals surface area contributed by atoms with E-state index >= 15 is 0 Å². The van der Waals surface area contributed by atoms with Gasteiger partial charge in [0.25, 0.3) is 5.91 Å². The second-order valence-electron chi connectivity index (χ2n) is 7.21. The van der Waals surface area contributed by atoms with Crippen LogP contribution in [0.5, 0.6) is 5.75 Å². The first kappa shape index (κ1) is 22.5. The molecule has 34 heavy (non-hydrogen) atoms. The third kappa shape index (κ3) is 4.40. The number of ether oxygens (including phenoxy) is 1. The monoisotopic (exact) mass is 509 g/mol. The molecule has 0 saturated carbocycles. The number of fused-ring (bicyclic) bond motifs is 2. The molecule has 170 valence electrons. The van der Waals surface area contributed by atoms with Crippen molar-refractivity contribution in [3.05, 3.63) is 88.0 Å². The molecule has 0 aliphatic rings. The van der Waals surface area contributed by atoms with Gasteiger partial charge >= 0.3 is 0 Å². The van der Waals surface area contributed by atoms with Crippen molar-refractivity contribution in [3.8, 4) is 5.75 Å². The zero-order valence-corrected chi connectivity index (χ0v) is 20.3. The number of carbonyl (C=O) groups is 1. The number of aromatic nitrogens is 1. The molecule has 0 radical (unpaired) electrons. The molecule has 5 aromatic rings. The van der Waals surface area contributed by atoms with E-state index in [0.717, 1.165) is 21.4 Å². The van der Waals surface area contributed by atoms with E-state index in [1.54, 1.807) is 12.3 Å². The average molecular weight is 510 g/mol. The van der Waals surface area contributed by atoms with E-state index in [9.17, 15) is 9.18 Å². The molecule has 5 rings (SSSR count). The summed E-state index contributed by atoms with van der Waals surface area (Å²) in [4.78, 5) is 18.5. The van der Waals surface area contributed by atoms with Crippen molar-refractivity contribution in [1.82, 2.24) is 4.98 Å². The first-order chi connectivity index (χ1) is 16.5. The summed E-state index contributed by atoms with van der Waals surface area (Å²) in [5.41, 5.74) is 1.36. The molecule has 0 unspecified atom stereocenters. The highest BCUT2D eigenvalue weighted by atomic mass is 35.5. The third-order valence-electron chi connectivity index (χ3n) is 4.96. The van der Waals surface area contributed by atoms with Crippen molar-refractivity contribution < 1.29 is 13.9 Å². The summed E-state index contributed by atoms with van der Waals surface area (Å²) in [6.07, 6.45) is 1.57. The van der Waals surface area contributed by atoms with Crippen LogP contribution in [-0.4, -0.2) is 23.7 Å². The average Bonchev–Trinajstić information content (AvgIpc) is 3.41. The van der Waals surface area contributed by atoms with Gasteiger partial charge in [0, 0.05) is 10.1 Å². The Morgan fingerprint density at radius 3 is 2.68 bits per heavy atom. The van der Waals surface area contributed by atoms with Crippen molar-refractivity contribution in [2.24, 2.45) is 5.10 Å². The number of anilines is 1. The fourth-order valence-corrected chi connectivity index (χ4v) is 5.74. The number of halogens is 2. The van der Waals surface area contributed by atoms with E-state index in [1.165, 1.54) is 39.8 Å². The number of benzene rings is 3. The molecule has 0 aliphatic carbocycles. The standard InChI is InChI=1S/C25H17ClFN3O2S2/c1-2-32-17-10-7-15(8-11-17)14-28-30(25-29-19-12-9-16(27)13-21(19)34-25)24(31)23-22(26)18-5-3-4-6-20(18)33-23/h3-14H,2H2,1H3/b28-14+. The van der Waals surface area contributed by atoms with Crippen molar-refractivity contribution >= 4 is 71.8 Å². The minimum atomic E-state index is -0.409. The van der Waals surface area contributed by atoms with E-state index in [2.05, 4.69) is 10.1 Å². The van der Waals surface area contributed by atoms with Gasteiger partial charge in [0.2, 0.25) is 5.13 Å². The molecule has 0 fully saturated rings. The van der Waals surface area contributed by atoms with Gasteiger partial charge in [-0.05, 0) is 61.0 Å². The Kier molecular flexibility index (Phi) is 6.28. The van der Waals surface area contributed by atoms with Crippen LogP contribution in [0.3, 0.4) is 0 Å². The summed E-state index contributed by atoms with van der Waals surface area (Å²) >= 11 is 9.06. The third-order valence-corrected chi connectivity index (χ3v) is 7.61. The van der Waals surface area contributed by atoms with Gasteiger partial charge in [0.15, 0.2) is 0 Å². The van der Waals surface area contributed by atoms with E-state index in [1.807, 2.05) is 55.5 Å². The van der Waals surface area contributed by atoms with Crippen LogP contribution in [0.15, 0.2) is 71.8 Å². The number of amides is 1. The van der Waals surface area contributed by atoms with Crippen LogP contribution in [-0.2, 0) is 0 Å². The molecule has 3 aromatic carbocycles. The van der Waals surface area contributed by atoms with Gasteiger partial charge in [0.05, 0.1) is 28.1 Å². The number of rotatable bonds is 6. The van der Waals surface area contributed by atoms with E-state index in [4.69, 9.17) is 16.3 Å². The summed E-state index contributed by atoms with van der Waals surface area (Å²) in [6.45, 7) is 2.49. The Labute approximate surface area is 207 Å². The molecule has 2 aromatic heterocycles. The number of thiophene rings is 1. The zero-order valence-electron chi connectivity index (χ0n) is 17.9. The molecule has 0 N–H and O–H groups in total. The lowest BCUT2D eigenvalue weighted by atomic mass is 10.2. The Morgan fingerprint density at radius 2 is 1.91 bits per heavy atom. The number of hydrogen-bond acceptors (Lipinski definition) is 6. The zero-order chi connectivity index (χ0) is 23.7. The summed E-state index contributed by atoms with van der Waals surface area (Å²) in [5, 5.41) is 7.18. The van der Waals surface area contributed by atoms with Gasteiger partial charge in [-0.25, -0.2) is 9.37 Å². The molecule has 1 amide bonds. The van der Waals surface area contributed by atoms with Gasteiger partial charge in [-0.1, -0.05) is 41.1 Å². The Morgan fingerprint density at radius 1 is 1.12 bits per heavy atom. The highest BCUT2D eigenvalue weighted by Gasteiger charge is 2.26. The Balaban J connectivity index is 1.56. The summed E-state index contributed by atoms with van der Waals surface area (Å²) < 4.78 is 20.7. The van der Waals surface area contributed by atoms with Gasteiger partial charge in [-0.3, -0.25) is 4.79 Å². The maximum atomic E-state index is 13.7. The highest BCUT2D eigenvalue weighted by molar-refractivity contribution is 7.23. The summed E-state index contributed by atoms with van der Waals surface area (Å²) in [5.74, 6) is -0.0308. The SMILES string of the molecule is CCOc1ccc(/C=N/N(C(=O)c2sc3ccccc3c2Cl)c2nc3ccc(F)cc3s2)cc1. The molecule has 0 atom stereocenters. The first-order valence-corrected chi connectivity index (χ1v) is 12.4. The maximum absolute atomic E-state index is 13.7. The largest absolute Gasteiger partial charge is 0.494 e. The fraction of sp³-hybridized carbons (Fsp3) is 0.0800. The minimum Gasteiger partial charge on any atom is -0.494 e. The van der Waals surface area contributed by atoms with Crippen LogP contribution in [0.1, 0.15) is 22.2 Å². The number of hydrogen-bond donors (Lipinski definition) is 0. The van der Waals surface area contributed by atoms with E-state index in [-0.39, 0.29) is 5.82 Å². The lowest BCUT2D eigenvalue weighted by Crippen LogP contribution is -2.25. The van der Waals surface area contributed by atoms with Crippen molar-refractivity contribution in [2.75, 3.05) is 11.6 Å². The molecular weight excluding hydrogens is 493 g/mol. The Hall–Kier alpha value is -3.33. The predicted molar refractivity (Wildman–Crippen MR) is 138 cm³/mol. The summed E-state index contributed by atoms with van der Waals surface area (Å²) in [6, 6.07) is 19.2. The second-order valence-corrected chi connectivity index (χ2v) is 9.65. The topological polar surface area (TPSA) is 54.8 Å². The fourth-order valence-electron chi connectivity index (χ4n) is 3.35. The van der Waals surface area contributed by atoms with Crippen LogP contribution in [0, 0.1) is 5.82 Å². The van der Waals surface area contributed by atoms with E-state index < -0.39 is 5.91 Å². The number of hydrazone groups is 1. The van der Waals surface area contributed by atoms with Crippen LogP contribution >= 0.6 is 34.3 Å². The molecule has 5 nitrogen and oxygen atoms in total. The molecule has 0 bridgehead atoms. The molecule has 0 aliphatic heterocycles. The minimum absolute atomic E-state index is 0.321.